The maximum absolute atomic E-state index is 2.42. The van der Waals surface area contributed by atoms with Crippen LogP contribution in [-0.4, -0.2) is 0 Å². The molecule has 2 heterocycles. The van der Waals surface area contributed by atoms with E-state index < -0.39 is 0 Å². The lowest BCUT2D eigenvalue weighted by molar-refractivity contribution is 0.770. The van der Waals surface area contributed by atoms with E-state index in [0.29, 0.717) is 0 Å². The fourth-order valence-corrected chi connectivity index (χ4v) is 7.04. The zero-order valence-electron chi connectivity index (χ0n) is 18.7. The van der Waals surface area contributed by atoms with Gasteiger partial charge in [0.2, 0.25) is 0 Å². The van der Waals surface area contributed by atoms with Gasteiger partial charge in [0.05, 0.1) is 4.75 Å². The van der Waals surface area contributed by atoms with Crippen molar-refractivity contribution in [2.75, 3.05) is 0 Å². The lowest BCUT2D eigenvalue weighted by atomic mass is 9.86. The molecule has 4 aromatic carbocycles. The highest BCUT2D eigenvalue weighted by Gasteiger charge is 2.39. The van der Waals surface area contributed by atoms with E-state index in [0.717, 1.165) is 6.42 Å². The van der Waals surface area contributed by atoms with Gasteiger partial charge in [0, 0.05) is 9.78 Å². The van der Waals surface area contributed by atoms with Crippen LogP contribution in [0.4, 0.5) is 0 Å². The molecule has 0 amide bonds. The minimum atomic E-state index is -0.121. The minimum absolute atomic E-state index is 0.121. The van der Waals surface area contributed by atoms with Crippen molar-refractivity contribution in [1.29, 1.82) is 0 Å². The summed E-state index contributed by atoms with van der Waals surface area (Å²) in [4.78, 5) is 2.74. The van der Waals surface area contributed by atoms with Crippen molar-refractivity contribution in [2.45, 2.75) is 11.2 Å². The molecule has 1 aliphatic rings. The van der Waals surface area contributed by atoms with E-state index in [-0.39, 0.29) is 4.75 Å². The van der Waals surface area contributed by atoms with Crippen molar-refractivity contribution >= 4 is 28.0 Å². The molecular weight excluding hydrogens is 448 g/mol. The fourth-order valence-electron chi connectivity index (χ4n) is 4.72. The topological polar surface area (TPSA) is 0 Å². The Bertz CT molecular complexity index is 1310. The van der Waals surface area contributed by atoms with E-state index in [1.165, 1.54) is 43.2 Å². The van der Waals surface area contributed by atoms with Gasteiger partial charge in [-0.3, -0.25) is 0 Å². The molecule has 0 saturated carbocycles. The highest BCUT2D eigenvalue weighted by molar-refractivity contribution is 8.09. The average Bonchev–Trinajstić information content (AvgIpc) is 3.61. The summed E-state index contributed by atoms with van der Waals surface area (Å²) in [5, 5.41) is 2.17. The smallest absolute Gasteiger partial charge is 0.0739 e. The van der Waals surface area contributed by atoms with Crippen LogP contribution in [0.25, 0.3) is 27.2 Å². The van der Waals surface area contributed by atoms with Crippen LogP contribution in [0.3, 0.4) is 0 Å². The van der Waals surface area contributed by atoms with Crippen molar-refractivity contribution in [3.8, 4) is 22.3 Å². The molecule has 0 unspecified atom stereocenters. The maximum Gasteiger partial charge on any atom is 0.0739 e. The van der Waals surface area contributed by atoms with Gasteiger partial charge in [-0.15, -0.1) is 23.1 Å². The monoisotopic (exact) mass is 472 g/mol. The van der Waals surface area contributed by atoms with E-state index in [4.69, 9.17) is 0 Å². The Balaban J connectivity index is 1.39. The van der Waals surface area contributed by atoms with Gasteiger partial charge in [-0.25, -0.2) is 0 Å². The first-order valence-corrected chi connectivity index (χ1v) is 13.3. The molecule has 0 bridgehead atoms. The Morgan fingerprint density at radius 1 is 0.500 bits per heavy atom. The second kappa shape index (κ2) is 9.13. The molecular formula is C32H24S2. The Labute approximate surface area is 209 Å². The highest BCUT2D eigenvalue weighted by atomic mass is 32.2. The molecule has 0 spiro atoms. The molecule has 0 saturated heterocycles. The second-order valence-electron chi connectivity index (χ2n) is 8.57. The van der Waals surface area contributed by atoms with Gasteiger partial charge in [0.1, 0.15) is 0 Å². The number of allylic oxidation sites excluding steroid dienone is 1. The van der Waals surface area contributed by atoms with Gasteiger partial charge in [-0.05, 0) is 51.2 Å². The van der Waals surface area contributed by atoms with Crippen LogP contribution in [0.5, 0.6) is 0 Å². The van der Waals surface area contributed by atoms with Crippen molar-refractivity contribution in [2.24, 2.45) is 0 Å². The normalized spacial score (nSPS) is 14.6. The van der Waals surface area contributed by atoms with Gasteiger partial charge in [0.15, 0.2) is 0 Å². The van der Waals surface area contributed by atoms with Gasteiger partial charge in [-0.1, -0.05) is 121 Å². The number of benzene rings is 4. The molecule has 1 aliphatic heterocycles. The summed E-state index contributed by atoms with van der Waals surface area (Å²) >= 11 is 3.82. The number of hydrogen-bond acceptors (Lipinski definition) is 2. The standard InChI is InChI=1S/C32H24S2/c1-3-8-24(9-4-1)26-13-17-28(18-14-26)32(22-21-31(34-32)30-12-7-23-33-30)29-19-15-27(16-20-29)25-10-5-2-6-11-25/h1-21,23H,22H2. The van der Waals surface area contributed by atoms with Crippen molar-refractivity contribution in [3.63, 3.8) is 0 Å². The van der Waals surface area contributed by atoms with E-state index in [1.807, 2.05) is 23.1 Å². The van der Waals surface area contributed by atoms with Crippen LogP contribution in [0.2, 0.25) is 0 Å². The molecule has 0 fully saturated rings. The predicted octanol–water partition coefficient (Wildman–Crippen LogP) is 9.50. The molecule has 0 N–H and O–H groups in total. The van der Waals surface area contributed by atoms with Crippen molar-refractivity contribution in [3.05, 3.63) is 149 Å². The number of hydrogen-bond donors (Lipinski definition) is 0. The van der Waals surface area contributed by atoms with Crippen LogP contribution in [0, 0.1) is 0 Å². The van der Waals surface area contributed by atoms with Crippen molar-refractivity contribution < 1.29 is 0 Å². The van der Waals surface area contributed by atoms with E-state index >= 15 is 0 Å². The Hall–Kier alpha value is -3.33. The maximum atomic E-state index is 2.42. The van der Waals surface area contributed by atoms with Gasteiger partial charge in [-0.2, -0.15) is 0 Å². The van der Waals surface area contributed by atoms with Crippen LogP contribution < -0.4 is 0 Å². The van der Waals surface area contributed by atoms with Crippen LogP contribution in [0.15, 0.2) is 133 Å². The average molecular weight is 473 g/mol. The third-order valence-corrected chi connectivity index (χ3v) is 9.17. The lowest BCUT2D eigenvalue weighted by Crippen LogP contribution is -2.20. The van der Waals surface area contributed by atoms with Gasteiger partial charge in [0.25, 0.3) is 0 Å². The first kappa shape index (κ1) is 21.2. The largest absolute Gasteiger partial charge is 0.143 e. The minimum Gasteiger partial charge on any atom is -0.143 e. The summed E-state index contributed by atoms with van der Waals surface area (Å²) < 4.78 is -0.121. The Morgan fingerprint density at radius 3 is 1.47 bits per heavy atom. The van der Waals surface area contributed by atoms with Crippen LogP contribution >= 0.6 is 23.1 Å². The molecule has 5 aromatic rings. The summed E-state index contributed by atoms with van der Waals surface area (Å²) in [6.07, 6.45) is 3.41. The molecule has 0 aliphatic carbocycles. The SMILES string of the molecule is C1=C(c2cccs2)SC(c2ccc(-c3ccccc3)cc2)(c2ccc(-c3ccccc3)cc2)C1. The number of thioether (sulfide) groups is 1. The van der Waals surface area contributed by atoms with Crippen molar-refractivity contribution in [1.82, 2.24) is 0 Å². The fraction of sp³-hybridized carbons (Fsp3) is 0.0625. The molecule has 34 heavy (non-hydrogen) atoms. The zero-order valence-corrected chi connectivity index (χ0v) is 20.4. The third-order valence-electron chi connectivity index (χ3n) is 6.54. The summed E-state index contributed by atoms with van der Waals surface area (Å²) in [7, 11) is 0. The first-order valence-electron chi connectivity index (χ1n) is 11.6. The summed E-state index contributed by atoms with van der Waals surface area (Å²) in [6.45, 7) is 0. The van der Waals surface area contributed by atoms with Gasteiger partial charge < -0.3 is 0 Å². The molecule has 0 radical (unpaired) electrons. The number of thiophene rings is 1. The zero-order chi connectivity index (χ0) is 22.8. The van der Waals surface area contributed by atoms with E-state index in [1.54, 1.807) is 0 Å². The molecule has 0 nitrogen and oxygen atoms in total. The summed E-state index contributed by atoms with van der Waals surface area (Å²) in [5.74, 6) is 0. The summed E-state index contributed by atoms with van der Waals surface area (Å²) in [5.41, 5.74) is 7.74. The highest BCUT2D eigenvalue weighted by Crippen LogP contribution is 2.57. The molecule has 164 valence electrons. The van der Waals surface area contributed by atoms with Crippen LogP contribution in [0.1, 0.15) is 22.4 Å². The van der Waals surface area contributed by atoms with Gasteiger partial charge >= 0.3 is 0 Å². The summed E-state index contributed by atoms with van der Waals surface area (Å²) in [6, 6.07) is 44.0. The third kappa shape index (κ3) is 3.94. The number of rotatable bonds is 5. The molecule has 2 heteroatoms. The second-order valence-corrected chi connectivity index (χ2v) is 10.9. The molecule has 1 aromatic heterocycles. The molecule has 6 rings (SSSR count). The van der Waals surface area contributed by atoms with E-state index in [9.17, 15) is 0 Å². The van der Waals surface area contributed by atoms with E-state index in [2.05, 4.69) is 133 Å². The van der Waals surface area contributed by atoms with Crippen LogP contribution in [-0.2, 0) is 4.75 Å². The predicted molar refractivity (Wildman–Crippen MR) is 149 cm³/mol. The lowest BCUT2D eigenvalue weighted by Gasteiger charge is -2.30. The molecule has 0 atom stereocenters. The first-order chi connectivity index (χ1) is 16.8. The quantitative estimate of drug-likeness (QED) is 0.245. The Morgan fingerprint density at radius 2 is 1.00 bits per heavy atom. The Kier molecular flexibility index (Phi) is 5.70.